The fourth-order valence-corrected chi connectivity index (χ4v) is 1.76. The molecule has 0 aromatic heterocycles. The van der Waals surface area contributed by atoms with Crippen molar-refractivity contribution in [1.82, 2.24) is 0 Å². The highest BCUT2D eigenvalue weighted by Gasteiger charge is 2.09. The van der Waals surface area contributed by atoms with Gasteiger partial charge in [-0.05, 0) is 17.5 Å². The Morgan fingerprint density at radius 3 is 2.33 bits per heavy atom. The lowest BCUT2D eigenvalue weighted by atomic mass is 10.0. The van der Waals surface area contributed by atoms with E-state index in [1.807, 2.05) is 12.1 Å². The second kappa shape index (κ2) is 4.67. The second-order valence-corrected chi connectivity index (χ2v) is 3.36. The Kier molecular flexibility index (Phi) is 3.76. The summed E-state index contributed by atoms with van der Waals surface area (Å²) in [5.41, 5.74) is 0.244. The van der Waals surface area contributed by atoms with E-state index >= 15 is 0 Å². The molecule has 0 saturated heterocycles. The van der Waals surface area contributed by atoms with Gasteiger partial charge in [0.25, 0.3) is 0 Å². The highest BCUT2D eigenvalue weighted by Crippen LogP contribution is 2.26. The van der Waals surface area contributed by atoms with E-state index in [0.29, 0.717) is 10.4 Å². The van der Waals surface area contributed by atoms with E-state index in [4.69, 9.17) is 16.7 Å². The van der Waals surface area contributed by atoms with E-state index in [9.17, 15) is 4.79 Å². The van der Waals surface area contributed by atoms with Crippen LogP contribution in [0.5, 0.6) is 0 Å². The van der Waals surface area contributed by atoms with Gasteiger partial charge in [-0.1, -0.05) is 35.9 Å². The number of benzene rings is 2. The monoisotopic (exact) mass is 233 g/mol. The second-order valence-electron chi connectivity index (χ2n) is 2.95. The number of carbonyl (C=O) groups is 1. The SMILES string of the molecule is O=C(O)c1cccc2cccc(Cl)c12.[Al]. The normalized spacial score (nSPS) is 9.67. The zero-order valence-electron chi connectivity index (χ0n) is 7.77. The molecule has 0 fully saturated rings. The lowest BCUT2D eigenvalue weighted by Crippen LogP contribution is -1.97. The van der Waals surface area contributed by atoms with Crippen LogP contribution in [0.1, 0.15) is 10.4 Å². The van der Waals surface area contributed by atoms with Crippen LogP contribution in [0.3, 0.4) is 0 Å². The van der Waals surface area contributed by atoms with Gasteiger partial charge < -0.3 is 5.11 Å². The molecule has 15 heavy (non-hydrogen) atoms. The fourth-order valence-electron chi connectivity index (χ4n) is 1.47. The van der Waals surface area contributed by atoms with E-state index in [-0.39, 0.29) is 22.9 Å². The molecule has 0 heterocycles. The Hall–Kier alpha value is -1.01. The predicted octanol–water partition coefficient (Wildman–Crippen LogP) is 2.81. The standard InChI is InChI=1S/C11H7ClO2.Al/c12-9-6-2-4-7-3-1-5-8(10(7)9)11(13)14;/h1-6H,(H,13,14);. The van der Waals surface area contributed by atoms with Crippen LogP contribution in [0, 0.1) is 0 Å². The Labute approximate surface area is 103 Å². The Morgan fingerprint density at radius 1 is 1.13 bits per heavy atom. The topological polar surface area (TPSA) is 37.3 Å². The third-order valence-electron chi connectivity index (χ3n) is 2.08. The Bertz CT molecular complexity index is 506. The van der Waals surface area contributed by atoms with E-state index in [2.05, 4.69) is 0 Å². The maximum absolute atomic E-state index is 10.9. The van der Waals surface area contributed by atoms with E-state index < -0.39 is 5.97 Å². The summed E-state index contributed by atoms with van der Waals surface area (Å²) < 4.78 is 0. The lowest BCUT2D eigenvalue weighted by molar-refractivity contribution is 0.0699. The van der Waals surface area contributed by atoms with Crippen molar-refractivity contribution in [3.05, 3.63) is 47.0 Å². The zero-order chi connectivity index (χ0) is 10.1. The molecular formula is C11H7AlClO2. The average molecular weight is 234 g/mol. The first-order valence-corrected chi connectivity index (χ1v) is 4.48. The largest absolute Gasteiger partial charge is 0.478 e. The van der Waals surface area contributed by atoms with Crippen LogP contribution in [0.2, 0.25) is 5.02 Å². The first-order valence-electron chi connectivity index (χ1n) is 4.10. The van der Waals surface area contributed by atoms with Crippen LogP contribution in [-0.4, -0.2) is 28.4 Å². The molecule has 0 bridgehead atoms. The van der Waals surface area contributed by atoms with Gasteiger partial charge in [0.05, 0.1) is 5.56 Å². The number of hydrogen-bond acceptors (Lipinski definition) is 1. The van der Waals surface area contributed by atoms with Crippen molar-refractivity contribution in [1.29, 1.82) is 0 Å². The number of hydrogen-bond donors (Lipinski definition) is 1. The smallest absolute Gasteiger partial charge is 0.336 e. The molecule has 2 nitrogen and oxygen atoms in total. The summed E-state index contributed by atoms with van der Waals surface area (Å²) in [6, 6.07) is 10.4. The molecule has 4 heteroatoms. The van der Waals surface area contributed by atoms with Gasteiger partial charge in [-0.25, -0.2) is 4.79 Å². The minimum Gasteiger partial charge on any atom is -0.478 e. The third kappa shape index (κ3) is 2.15. The molecule has 0 spiro atoms. The molecular weight excluding hydrogens is 227 g/mol. The van der Waals surface area contributed by atoms with Crippen molar-refractivity contribution in [3.63, 3.8) is 0 Å². The zero-order valence-corrected chi connectivity index (χ0v) is 9.69. The number of aromatic carboxylic acids is 1. The lowest BCUT2D eigenvalue weighted by Gasteiger charge is -2.03. The summed E-state index contributed by atoms with van der Waals surface area (Å²) >= 11 is 5.94. The van der Waals surface area contributed by atoms with Gasteiger partial charge in [-0.2, -0.15) is 0 Å². The molecule has 0 saturated carbocycles. The van der Waals surface area contributed by atoms with Crippen LogP contribution in [-0.2, 0) is 0 Å². The summed E-state index contributed by atoms with van der Waals surface area (Å²) in [7, 11) is 0. The fraction of sp³-hybridized carbons (Fsp3) is 0. The van der Waals surface area contributed by atoms with Gasteiger partial charge in [-0.15, -0.1) is 0 Å². The van der Waals surface area contributed by atoms with E-state index in [0.717, 1.165) is 5.39 Å². The molecule has 0 aliphatic heterocycles. The van der Waals surface area contributed by atoms with Gasteiger partial charge >= 0.3 is 5.97 Å². The van der Waals surface area contributed by atoms with Gasteiger partial charge in [0, 0.05) is 27.8 Å². The molecule has 3 radical (unpaired) electrons. The molecule has 0 aliphatic carbocycles. The average Bonchev–Trinajstić information content (AvgIpc) is 2.17. The third-order valence-corrected chi connectivity index (χ3v) is 2.40. The van der Waals surface area contributed by atoms with Gasteiger partial charge in [0.1, 0.15) is 0 Å². The highest BCUT2D eigenvalue weighted by atomic mass is 35.5. The number of rotatable bonds is 1. The molecule has 2 rings (SSSR count). The maximum atomic E-state index is 10.9. The van der Waals surface area contributed by atoms with E-state index in [1.165, 1.54) is 0 Å². The van der Waals surface area contributed by atoms with Crippen molar-refractivity contribution >= 4 is 45.7 Å². The summed E-state index contributed by atoms with van der Waals surface area (Å²) in [6.45, 7) is 0. The molecule has 73 valence electrons. The van der Waals surface area contributed by atoms with Crippen molar-refractivity contribution in [2.45, 2.75) is 0 Å². The minimum atomic E-state index is -0.955. The molecule has 0 amide bonds. The number of fused-ring (bicyclic) bond motifs is 1. The predicted molar refractivity (Wildman–Crippen MR) is 61.7 cm³/mol. The van der Waals surface area contributed by atoms with Crippen molar-refractivity contribution in [2.24, 2.45) is 0 Å². The van der Waals surface area contributed by atoms with Crippen molar-refractivity contribution < 1.29 is 9.90 Å². The quantitative estimate of drug-likeness (QED) is 0.769. The van der Waals surface area contributed by atoms with Gasteiger partial charge in [0.2, 0.25) is 0 Å². The minimum absolute atomic E-state index is 0. The van der Waals surface area contributed by atoms with Gasteiger partial charge in [-0.3, -0.25) is 0 Å². The summed E-state index contributed by atoms with van der Waals surface area (Å²) in [4.78, 5) is 10.9. The van der Waals surface area contributed by atoms with E-state index in [1.54, 1.807) is 24.3 Å². The summed E-state index contributed by atoms with van der Waals surface area (Å²) in [5.74, 6) is -0.955. The van der Waals surface area contributed by atoms with Gasteiger partial charge in [0.15, 0.2) is 0 Å². The first kappa shape index (κ1) is 12.1. The van der Waals surface area contributed by atoms with Crippen LogP contribution >= 0.6 is 11.6 Å². The molecule has 0 unspecified atom stereocenters. The van der Waals surface area contributed by atoms with Crippen LogP contribution in [0.4, 0.5) is 0 Å². The number of carboxylic acid groups (broad SMARTS) is 1. The van der Waals surface area contributed by atoms with Crippen LogP contribution in [0.15, 0.2) is 36.4 Å². The highest BCUT2D eigenvalue weighted by molar-refractivity contribution is 6.36. The summed E-state index contributed by atoms with van der Waals surface area (Å²) in [6.07, 6.45) is 0. The molecule has 0 atom stereocenters. The molecule has 0 aliphatic rings. The van der Waals surface area contributed by atoms with Crippen LogP contribution in [0.25, 0.3) is 10.8 Å². The van der Waals surface area contributed by atoms with Crippen molar-refractivity contribution in [3.8, 4) is 0 Å². The molecule has 2 aromatic carbocycles. The Balaban J connectivity index is 0.00000112. The van der Waals surface area contributed by atoms with Crippen LogP contribution < -0.4 is 0 Å². The van der Waals surface area contributed by atoms with Crippen molar-refractivity contribution in [2.75, 3.05) is 0 Å². The molecule has 1 N–H and O–H groups in total. The number of halogens is 1. The Morgan fingerprint density at radius 2 is 1.73 bits per heavy atom. The first-order chi connectivity index (χ1) is 6.70. The number of carboxylic acids is 1. The maximum Gasteiger partial charge on any atom is 0.336 e. The summed E-state index contributed by atoms with van der Waals surface area (Å²) in [5, 5.41) is 10.9. The molecule has 2 aromatic rings.